The number of likely N-dealkylation sites (N-methyl/N-ethyl adjacent to an activating group) is 2. The molecule has 81 heavy (non-hydrogen) atoms. The second-order valence-corrected chi connectivity index (χ2v) is 24.5. The van der Waals surface area contributed by atoms with Gasteiger partial charge in [0.15, 0.2) is 0 Å². The number of pyridine rings is 1. The molecule has 6 aliphatic rings. The van der Waals surface area contributed by atoms with Gasteiger partial charge in [-0.3, -0.25) is 29.1 Å². The van der Waals surface area contributed by atoms with Gasteiger partial charge >= 0.3 is 12.0 Å². The summed E-state index contributed by atoms with van der Waals surface area (Å²) in [6.07, 6.45) is 8.77. The third-order valence-corrected chi connectivity index (χ3v) is 18.6. The summed E-state index contributed by atoms with van der Waals surface area (Å²) >= 11 is 0. The number of cyclic esters (lactones) is 1. The van der Waals surface area contributed by atoms with Crippen LogP contribution < -0.4 is 20.9 Å². The first-order valence-corrected chi connectivity index (χ1v) is 29.7. The van der Waals surface area contributed by atoms with Crippen LogP contribution in [0.5, 0.6) is 0 Å². The molecule has 6 atom stereocenters. The maximum Gasteiger partial charge on any atom is 0.323 e. The van der Waals surface area contributed by atoms with Crippen molar-refractivity contribution in [2.24, 2.45) is 11.3 Å². The van der Waals surface area contributed by atoms with Crippen LogP contribution in [0.4, 0.5) is 10.5 Å². The van der Waals surface area contributed by atoms with Gasteiger partial charge in [0.2, 0.25) is 17.7 Å². The molecular weight excluding hydrogens is 1020 g/mol. The molecule has 2 aromatic heterocycles. The number of carbonyl (C=O) groups excluding carboxylic acids is 5. The van der Waals surface area contributed by atoms with Gasteiger partial charge in [-0.05, 0) is 111 Å². The van der Waals surface area contributed by atoms with Crippen LogP contribution in [-0.2, 0) is 46.4 Å². The molecule has 4 aromatic rings. The van der Waals surface area contributed by atoms with E-state index >= 15 is 0 Å². The van der Waals surface area contributed by atoms with E-state index in [2.05, 4.69) is 94.1 Å². The number of benzene rings is 2. The fraction of sp³-hybridized carbons (Fsp3) is 0.587. The molecule has 0 saturated carbocycles. The van der Waals surface area contributed by atoms with Crippen molar-refractivity contribution in [1.82, 2.24) is 45.1 Å². The average Bonchev–Trinajstić information content (AvgIpc) is 2.42. The van der Waals surface area contributed by atoms with E-state index < -0.39 is 41.2 Å². The summed E-state index contributed by atoms with van der Waals surface area (Å²) in [7, 11) is 5.15. The number of anilines is 1. The predicted molar refractivity (Wildman–Crippen MR) is 314 cm³/mol. The van der Waals surface area contributed by atoms with E-state index in [1.165, 1.54) is 36.8 Å². The zero-order valence-electron chi connectivity index (χ0n) is 49.1. The number of amides is 5. The van der Waals surface area contributed by atoms with E-state index in [1.807, 2.05) is 32.2 Å². The van der Waals surface area contributed by atoms with Gasteiger partial charge in [0, 0.05) is 107 Å². The quantitative estimate of drug-likeness (QED) is 0.117. The number of rotatable bonds is 9. The molecule has 18 nitrogen and oxygen atoms in total. The topological polar surface area (TPSA) is 183 Å². The number of ether oxygens (including phenoxy) is 3. The van der Waals surface area contributed by atoms with Crippen molar-refractivity contribution in [3.8, 4) is 22.4 Å². The summed E-state index contributed by atoms with van der Waals surface area (Å²) in [5.74, 6) is -1.90. The number of piperidine rings is 2. The number of esters is 1. The van der Waals surface area contributed by atoms with Gasteiger partial charge in [-0.1, -0.05) is 71.0 Å². The lowest BCUT2D eigenvalue weighted by atomic mass is 9.67. The number of fused-ring (bicyclic) bond motifs is 7. The molecule has 10 rings (SSSR count). The minimum Gasteiger partial charge on any atom is -0.464 e. The van der Waals surface area contributed by atoms with Crippen molar-refractivity contribution in [3.63, 3.8) is 0 Å². The Kier molecular flexibility index (Phi) is 17.3. The molecule has 7 heterocycles. The summed E-state index contributed by atoms with van der Waals surface area (Å²) in [5, 5.41) is 10.4. The van der Waals surface area contributed by atoms with Gasteiger partial charge < -0.3 is 54.3 Å². The van der Waals surface area contributed by atoms with Crippen LogP contribution in [0.25, 0.3) is 33.3 Å². The smallest absolute Gasteiger partial charge is 0.323 e. The number of hydrogen-bond acceptors (Lipinski definition) is 12. The van der Waals surface area contributed by atoms with E-state index in [4.69, 9.17) is 19.2 Å². The third-order valence-electron chi connectivity index (χ3n) is 18.6. The number of carbonyl (C=O) groups is 5. The second kappa shape index (κ2) is 24.2. The molecule has 18 heteroatoms. The molecule has 436 valence electrons. The van der Waals surface area contributed by atoms with Crippen molar-refractivity contribution in [3.05, 3.63) is 84.2 Å². The molecule has 1 spiro atoms. The van der Waals surface area contributed by atoms with E-state index in [9.17, 15) is 24.0 Å². The Hall–Kier alpha value is -6.34. The van der Waals surface area contributed by atoms with Crippen LogP contribution in [0.15, 0.2) is 67.4 Å². The van der Waals surface area contributed by atoms with Crippen LogP contribution >= 0.6 is 0 Å². The maximum absolute atomic E-state index is 14.7. The Morgan fingerprint density at radius 3 is 2.49 bits per heavy atom. The Morgan fingerprint density at radius 2 is 1.75 bits per heavy atom. The van der Waals surface area contributed by atoms with Gasteiger partial charge in [0.25, 0.3) is 0 Å². The van der Waals surface area contributed by atoms with E-state index in [-0.39, 0.29) is 55.2 Å². The maximum atomic E-state index is 14.7. The van der Waals surface area contributed by atoms with Gasteiger partial charge in [-0.25, -0.2) is 4.79 Å². The van der Waals surface area contributed by atoms with Crippen LogP contribution in [0.2, 0.25) is 0 Å². The third kappa shape index (κ3) is 11.6. The fourth-order valence-corrected chi connectivity index (χ4v) is 14.2. The number of morpholine rings is 1. The molecule has 4 bridgehead atoms. The van der Waals surface area contributed by atoms with Crippen LogP contribution in [0, 0.1) is 11.3 Å². The van der Waals surface area contributed by atoms with Gasteiger partial charge in [-0.15, -0.1) is 0 Å². The lowest BCUT2D eigenvalue weighted by molar-refractivity contribution is -0.154. The van der Waals surface area contributed by atoms with Crippen molar-refractivity contribution < 1.29 is 38.2 Å². The number of piperazine rings is 1. The molecule has 3 N–H and O–H groups in total. The summed E-state index contributed by atoms with van der Waals surface area (Å²) in [6, 6.07) is 14.9. The summed E-state index contributed by atoms with van der Waals surface area (Å²) < 4.78 is 21.6. The largest absolute Gasteiger partial charge is 0.464 e. The highest BCUT2D eigenvalue weighted by atomic mass is 16.5. The number of aromatic nitrogens is 2. The number of aryl methyl sites for hydroxylation is 1. The van der Waals surface area contributed by atoms with Crippen LogP contribution in [0.3, 0.4) is 0 Å². The summed E-state index contributed by atoms with van der Waals surface area (Å²) in [6.45, 7) is 21.3. The van der Waals surface area contributed by atoms with E-state index in [0.717, 1.165) is 75.4 Å². The van der Waals surface area contributed by atoms with Gasteiger partial charge in [0.1, 0.15) is 24.2 Å². The number of nitrogens with zero attached hydrogens (tertiary/aromatic N) is 7. The molecule has 2 unspecified atom stereocenters. The van der Waals surface area contributed by atoms with Crippen molar-refractivity contribution >= 4 is 46.3 Å². The van der Waals surface area contributed by atoms with E-state index in [1.54, 1.807) is 31.0 Å². The number of hydrogen-bond donors (Lipinski definition) is 3. The molecule has 4 saturated heterocycles. The fourth-order valence-electron chi connectivity index (χ4n) is 14.2. The van der Waals surface area contributed by atoms with Crippen molar-refractivity contribution in [2.75, 3.05) is 98.2 Å². The lowest BCUT2D eigenvalue weighted by Gasteiger charge is -2.47. The molecule has 0 radical (unpaired) electrons. The highest BCUT2D eigenvalue weighted by molar-refractivity contribution is 5.98. The Balaban J connectivity index is 0.977. The summed E-state index contributed by atoms with van der Waals surface area (Å²) in [5.41, 5.74) is 7.98. The first-order valence-electron chi connectivity index (χ1n) is 29.7. The number of methoxy groups -OCH3 is 1. The van der Waals surface area contributed by atoms with Crippen LogP contribution in [0.1, 0.15) is 108 Å². The van der Waals surface area contributed by atoms with Gasteiger partial charge in [0.05, 0.1) is 48.6 Å². The van der Waals surface area contributed by atoms with Gasteiger partial charge in [-0.2, -0.15) is 0 Å². The molecule has 4 fully saturated rings. The first kappa shape index (κ1) is 57.9. The Morgan fingerprint density at radius 1 is 0.963 bits per heavy atom. The molecule has 5 amide bonds. The minimum atomic E-state index is -1.00. The predicted octanol–water partition coefficient (Wildman–Crippen LogP) is 6.90. The van der Waals surface area contributed by atoms with Crippen LogP contribution in [-0.4, -0.2) is 182 Å². The standard InChI is InChI=1S/C63H86N10O8/c1-10-51(74)72-30-31-81-63(38-72)22-26-70(27-23-63)61(78)68(8)55(40(3)4)59(76)67-49-33-41-16-14-17-42(32-41)43-20-21-50-46(34-43)52-53(62(5,6)39-80-60(77)48(64-7)19-15-24-65-58(49)75)57(79-9)54-47(56(52)73(50)11-2)35-45(36-66-54)71-29-28-69-25-13-12-18-44(69)37-71/h10,14,16-17,20-21,32,34-36,40,44,48-49,53,55,57,64H,1,11-13,15,18-19,22-31,33,37-39H2,2-9H3,(H,65,75)(H,67,76)/t44?,48-,49-,53?,55-,57-/m0/s1. The minimum absolute atomic E-state index is 0.121. The molecular formula is C63H86N10O8. The van der Waals surface area contributed by atoms with Crippen molar-refractivity contribution in [2.45, 2.75) is 134 Å². The average molecular weight is 1110 g/mol. The Bertz CT molecular complexity index is 3000. The second-order valence-electron chi connectivity index (χ2n) is 24.5. The SMILES string of the molecule is C=CC(=O)N1CCOC2(CCN(C(=O)N(C)[C@H](C(=O)N[C@H]3Cc4cccc(c4)-c4ccc5c(c4)c4c(n5CC)-c5cc(N6CCN7CCCCC7C6)cnc5[C@@H](OC)C4C(C)(C)COC(=O)[C@@H](NC)CCCNC3=O)C(C)C)CC2)C1. The summed E-state index contributed by atoms with van der Waals surface area (Å²) in [4.78, 5) is 85.6. The van der Waals surface area contributed by atoms with E-state index in [0.29, 0.717) is 71.1 Å². The highest BCUT2D eigenvalue weighted by Gasteiger charge is 2.48. The normalized spacial score (nSPS) is 24.7. The number of likely N-dealkylation sites (tertiary alicyclic amines) is 1. The monoisotopic (exact) mass is 1110 g/mol. The lowest BCUT2D eigenvalue weighted by Crippen LogP contribution is -2.61. The number of nitrogens with one attached hydrogen (secondary N) is 3. The molecule has 5 aliphatic heterocycles. The number of urea groups is 1. The molecule has 2 aromatic carbocycles. The zero-order valence-corrected chi connectivity index (χ0v) is 49.1. The zero-order chi connectivity index (χ0) is 57.3. The Labute approximate surface area is 478 Å². The highest BCUT2D eigenvalue weighted by Crippen LogP contribution is 2.57. The van der Waals surface area contributed by atoms with Crippen molar-refractivity contribution in [1.29, 1.82) is 0 Å². The first-order chi connectivity index (χ1) is 39.0. The molecule has 1 aliphatic carbocycles.